The maximum atomic E-state index is 5.92. The standard InChI is InChI=1S/C18H19BrIN3OS/c1-12(2)24-17-14(8-15(19)9-16(17)20)10-22-23-18(21)25-11-13-6-4-3-5-7-13/h3-10,12H,11H2,1-2H3,(H2,21,23). The number of amidine groups is 1. The van der Waals surface area contributed by atoms with Crippen molar-refractivity contribution in [2.45, 2.75) is 25.7 Å². The van der Waals surface area contributed by atoms with E-state index in [0.29, 0.717) is 5.17 Å². The number of hydrogen-bond acceptors (Lipinski definition) is 4. The van der Waals surface area contributed by atoms with Crippen molar-refractivity contribution in [1.82, 2.24) is 0 Å². The zero-order valence-electron chi connectivity index (χ0n) is 13.9. The third-order valence-corrected chi connectivity index (χ3v) is 5.09. The first-order valence-electron chi connectivity index (χ1n) is 7.64. The van der Waals surface area contributed by atoms with Crippen LogP contribution in [0.25, 0.3) is 0 Å². The quantitative estimate of drug-likeness (QED) is 0.234. The number of benzene rings is 2. The predicted octanol–water partition coefficient (Wildman–Crippen LogP) is 5.42. The molecule has 2 aromatic carbocycles. The molecule has 0 fully saturated rings. The van der Waals surface area contributed by atoms with E-state index in [9.17, 15) is 0 Å². The van der Waals surface area contributed by atoms with Crippen molar-refractivity contribution in [2.24, 2.45) is 15.9 Å². The lowest BCUT2D eigenvalue weighted by molar-refractivity contribution is 0.240. The molecule has 0 aliphatic carbocycles. The minimum Gasteiger partial charge on any atom is -0.489 e. The Kier molecular flexibility index (Phi) is 8.25. The molecule has 0 atom stereocenters. The van der Waals surface area contributed by atoms with Crippen LogP contribution in [0, 0.1) is 3.57 Å². The molecule has 132 valence electrons. The molecule has 2 aromatic rings. The van der Waals surface area contributed by atoms with Crippen LogP contribution in [0.15, 0.2) is 57.1 Å². The molecule has 0 bridgehead atoms. The van der Waals surface area contributed by atoms with Crippen LogP contribution in [0.2, 0.25) is 0 Å². The SMILES string of the molecule is CC(C)Oc1c(I)cc(Br)cc1C=NN=C(N)SCc1ccccc1. The monoisotopic (exact) mass is 531 g/mol. The van der Waals surface area contributed by atoms with Gasteiger partial charge in [0.1, 0.15) is 5.75 Å². The van der Waals surface area contributed by atoms with Crippen molar-refractivity contribution in [3.8, 4) is 5.75 Å². The van der Waals surface area contributed by atoms with Gasteiger partial charge < -0.3 is 10.5 Å². The second-order valence-electron chi connectivity index (χ2n) is 5.43. The van der Waals surface area contributed by atoms with E-state index >= 15 is 0 Å². The molecule has 0 unspecified atom stereocenters. The lowest BCUT2D eigenvalue weighted by Gasteiger charge is -2.14. The summed E-state index contributed by atoms with van der Waals surface area (Å²) in [5, 5.41) is 8.61. The van der Waals surface area contributed by atoms with Crippen LogP contribution in [-0.4, -0.2) is 17.5 Å². The zero-order valence-corrected chi connectivity index (χ0v) is 18.5. The fourth-order valence-corrected chi connectivity index (χ4v) is 4.23. The van der Waals surface area contributed by atoms with Crippen LogP contribution in [-0.2, 0) is 5.75 Å². The Balaban J connectivity index is 2.07. The molecule has 0 aromatic heterocycles. The van der Waals surface area contributed by atoms with Crippen molar-refractivity contribution in [1.29, 1.82) is 0 Å². The highest BCUT2D eigenvalue weighted by Crippen LogP contribution is 2.29. The Morgan fingerprint density at radius 3 is 2.72 bits per heavy atom. The Labute approximate surface area is 174 Å². The first-order chi connectivity index (χ1) is 12.0. The smallest absolute Gasteiger partial charge is 0.180 e. The second-order valence-corrected chi connectivity index (χ2v) is 8.50. The van der Waals surface area contributed by atoms with E-state index in [1.165, 1.54) is 17.3 Å². The van der Waals surface area contributed by atoms with Gasteiger partial charge in [-0.1, -0.05) is 58.0 Å². The summed E-state index contributed by atoms with van der Waals surface area (Å²) in [4.78, 5) is 0. The van der Waals surface area contributed by atoms with Gasteiger partial charge in [0.25, 0.3) is 0 Å². The summed E-state index contributed by atoms with van der Waals surface area (Å²) in [7, 11) is 0. The molecule has 2 rings (SSSR count). The van der Waals surface area contributed by atoms with E-state index in [4.69, 9.17) is 10.5 Å². The van der Waals surface area contributed by atoms with Gasteiger partial charge in [-0.05, 0) is 54.1 Å². The molecular formula is C18H19BrIN3OS. The normalized spacial score (nSPS) is 12.1. The molecule has 0 heterocycles. The lowest BCUT2D eigenvalue weighted by atomic mass is 10.2. The molecular weight excluding hydrogens is 513 g/mol. The van der Waals surface area contributed by atoms with Crippen LogP contribution < -0.4 is 10.5 Å². The molecule has 0 saturated heterocycles. The van der Waals surface area contributed by atoms with Crippen LogP contribution in [0.4, 0.5) is 0 Å². The van der Waals surface area contributed by atoms with Gasteiger partial charge >= 0.3 is 0 Å². The number of nitrogens with zero attached hydrogens (tertiary/aromatic N) is 2. The van der Waals surface area contributed by atoms with E-state index in [0.717, 1.165) is 25.1 Å². The summed E-state index contributed by atoms with van der Waals surface area (Å²) in [5.41, 5.74) is 7.98. The number of thioether (sulfide) groups is 1. The third kappa shape index (κ3) is 6.99. The number of nitrogens with two attached hydrogens (primary N) is 1. The van der Waals surface area contributed by atoms with E-state index in [-0.39, 0.29) is 6.10 Å². The molecule has 2 N–H and O–H groups in total. The fourth-order valence-electron chi connectivity index (χ4n) is 1.94. The van der Waals surface area contributed by atoms with E-state index in [2.05, 4.69) is 60.9 Å². The fraction of sp³-hybridized carbons (Fsp3) is 0.222. The third-order valence-electron chi connectivity index (χ3n) is 2.97. The first kappa shape index (κ1) is 20.3. The summed E-state index contributed by atoms with van der Waals surface area (Å²) in [6.45, 7) is 3.99. The van der Waals surface area contributed by atoms with Crippen molar-refractivity contribution >= 4 is 61.7 Å². The van der Waals surface area contributed by atoms with Gasteiger partial charge in [0.15, 0.2) is 5.17 Å². The number of rotatable bonds is 6. The molecule has 0 spiro atoms. The van der Waals surface area contributed by atoms with Gasteiger partial charge in [0.05, 0.1) is 15.9 Å². The van der Waals surface area contributed by atoms with Crippen molar-refractivity contribution in [2.75, 3.05) is 0 Å². The lowest BCUT2D eigenvalue weighted by Crippen LogP contribution is -2.09. The highest BCUT2D eigenvalue weighted by molar-refractivity contribution is 14.1. The van der Waals surface area contributed by atoms with Gasteiger partial charge in [-0.3, -0.25) is 0 Å². The van der Waals surface area contributed by atoms with Crippen molar-refractivity contribution in [3.63, 3.8) is 0 Å². The maximum Gasteiger partial charge on any atom is 0.180 e. The number of hydrogen-bond donors (Lipinski definition) is 1. The summed E-state index contributed by atoms with van der Waals surface area (Å²) >= 11 is 7.20. The van der Waals surface area contributed by atoms with E-state index in [1.807, 2.05) is 44.2 Å². The van der Waals surface area contributed by atoms with E-state index in [1.54, 1.807) is 6.21 Å². The largest absolute Gasteiger partial charge is 0.489 e. The Morgan fingerprint density at radius 2 is 2.04 bits per heavy atom. The van der Waals surface area contributed by atoms with Gasteiger partial charge in [0.2, 0.25) is 0 Å². The van der Waals surface area contributed by atoms with Gasteiger partial charge in [-0.25, -0.2) is 0 Å². The van der Waals surface area contributed by atoms with Gasteiger partial charge in [-0.15, -0.1) is 5.10 Å². The highest BCUT2D eigenvalue weighted by atomic mass is 127. The Morgan fingerprint density at radius 1 is 1.32 bits per heavy atom. The molecule has 0 aliphatic rings. The first-order valence-corrected chi connectivity index (χ1v) is 10.5. The molecule has 0 saturated carbocycles. The maximum absolute atomic E-state index is 5.92. The molecule has 0 amide bonds. The summed E-state index contributed by atoms with van der Waals surface area (Å²) in [6.07, 6.45) is 1.75. The van der Waals surface area contributed by atoms with Crippen molar-refractivity contribution < 1.29 is 4.74 Å². The molecule has 0 aliphatic heterocycles. The van der Waals surface area contributed by atoms with Crippen LogP contribution in [0.5, 0.6) is 5.75 Å². The Hall–Kier alpha value is -1.06. The molecule has 7 heteroatoms. The zero-order chi connectivity index (χ0) is 18.2. The second kappa shape index (κ2) is 10.2. The average Bonchev–Trinajstić information content (AvgIpc) is 2.56. The van der Waals surface area contributed by atoms with E-state index < -0.39 is 0 Å². The highest BCUT2D eigenvalue weighted by Gasteiger charge is 2.10. The van der Waals surface area contributed by atoms with Crippen LogP contribution >= 0.6 is 50.3 Å². The molecule has 4 nitrogen and oxygen atoms in total. The average molecular weight is 532 g/mol. The summed E-state index contributed by atoms with van der Waals surface area (Å²) in [6, 6.07) is 14.1. The van der Waals surface area contributed by atoms with Gasteiger partial charge in [0, 0.05) is 15.8 Å². The summed E-state index contributed by atoms with van der Waals surface area (Å²) < 4.78 is 7.86. The minimum absolute atomic E-state index is 0.0804. The predicted molar refractivity (Wildman–Crippen MR) is 120 cm³/mol. The van der Waals surface area contributed by atoms with Crippen LogP contribution in [0.1, 0.15) is 25.0 Å². The van der Waals surface area contributed by atoms with Crippen LogP contribution in [0.3, 0.4) is 0 Å². The van der Waals surface area contributed by atoms with Crippen molar-refractivity contribution in [3.05, 3.63) is 61.6 Å². The minimum atomic E-state index is 0.0804. The number of ether oxygens (including phenoxy) is 1. The topological polar surface area (TPSA) is 60.0 Å². The number of halogens is 2. The Bertz CT molecular complexity index is 766. The molecule has 25 heavy (non-hydrogen) atoms. The summed E-state index contributed by atoms with van der Waals surface area (Å²) in [5.74, 6) is 1.57. The molecule has 0 radical (unpaired) electrons. The van der Waals surface area contributed by atoms with Gasteiger partial charge in [-0.2, -0.15) is 5.10 Å².